The van der Waals surface area contributed by atoms with Crippen LogP contribution in [0.25, 0.3) is 11.0 Å². The second-order valence-electron chi connectivity index (χ2n) is 7.69. The smallest absolute Gasteiger partial charge is 0.231 e. The van der Waals surface area contributed by atoms with Crippen LogP contribution in [0.2, 0.25) is 0 Å². The molecule has 2 aromatic carbocycles. The average molecular weight is 423 g/mol. The zero-order valence-electron chi connectivity index (χ0n) is 17.5. The number of H-pyrrole nitrogens is 1. The van der Waals surface area contributed by atoms with Crippen LogP contribution < -0.4 is 15.5 Å². The summed E-state index contributed by atoms with van der Waals surface area (Å²) in [6.45, 7) is 0.571. The van der Waals surface area contributed by atoms with Gasteiger partial charge in [0.1, 0.15) is 17.5 Å². The molecule has 1 aliphatic heterocycles. The van der Waals surface area contributed by atoms with Gasteiger partial charge in [-0.1, -0.05) is 30.3 Å². The van der Waals surface area contributed by atoms with Gasteiger partial charge in [-0.2, -0.15) is 15.2 Å². The Morgan fingerprint density at radius 2 is 2.00 bits per heavy atom. The Labute approximate surface area is 184 Å². The van der Waals surface area contributed by atoms with Crippen molar-refractivity contribution in [1.29, 1.82) is 5.26 Å². The lowest BCUT2D eigenvalue weighted by molar-refractivity contribution is -0.118. The number of carbonyl (C=O) groups excluding carboxylic acids is 1. The van der Waals surface area contributed by atoms with Crippen LogP contribution in [-0.4, -0.2) is 27.9 Å². The quantitative estimate of drug-likeness (QED) is 0.446. The summed E-state index contributed by atoms with van der Waals surface area (Å²) in [4.78, 5) is 25.9. The molecule has 3 heterocycles. The minimum Gasteiger partial charge on any atom is -0.365 e. The Morgan fingerprint density at radius 3 is 2.81 bits per heavy atom. The Bertz CT molecular complexity index is 1350. The topological polar surface area (TPSA) is 110 Å². The van der Waals surface area contributed by atoms with Gasteiger partial charge >= 0.3 is 0 Å². The molecule has 0 spiro atoms. The maximum absolute atomic E-state index is 11.9. The van der Waals surface area contributed by atoms with Crippen LogP contribution >= 0.6 is 0 Å². The number of amides is 1. The Kier molecular flexibility index (Phi) is 4.92. The van der Waals surface area contributed by atoms with Gasteiger partial charge in [-0.3, -0.25) is 4.79 Å². The summed E-state index contributed by atoms with van der Waals surface area (Å²) in [5.41, 5.74) is 5.05. The van der Waals surface area contributed by atoms with E-state index in [1.165, 1.54) is 0 Å². The van der Waals surface area contributed by atoms with Crippen LogP contribution in [0.3, 0.4) is 0 Å². The Balaban J connectivity index is 1.47. The lowest BCUT2D eigenvalue weighted by atomic mass is 10.0. The van der Waals surface area contributed by atoms with Gasteiger partial charge in [0.25, 0.3) is 0 Å². The van der Waals surface area contributed by atoms with Gasteiger partial charge in [0, 0.05) is 37.6 Å². The van der Waals surface area contributed by atoms with Crippen LogP contribution in [-0.2, 0) is 17.8 Å². The minimum atomic E-state index is 0.126. The highest BCUT2D eigenvalue weighted by Crippen LogP contribution is 2.31. The van der Waals surface area contributed by atoms with E-state index in [4.69, 9.17) is 0 Å². The van der Waals surface area contributed by atoms with E-state index in [0.29, 0.717) is 47.7 Å². The normalized spacial score (nSPS) is 13.0. The molecule has 8 heteroatoms. The maximum Gasteiger partial charge on any atom is 0.231 e. The number of anilines is 4. The number of carbonyl (C=O) groups is 1. The monoisotopic (exact) mass is 423 g/mol. The molecule has 0 bridgehead atoms. The predicted molar refractivity (Wildman–Crippen MR) is 124 cm³/mol. The molecule has 0 saturated carbocycles. The number of hydrogen-bond acceptors (Lipinski definition) is 6. The number of aromatic amines is 1. The van der Waals surface area contributed by atoms with Crippen molar-refractivity contribution in [3.63, 3.8) is 0 Å². The predicted octanol–water partition coefficient (Wildman–Crippen LogP) is 4.09. The molecule has 1 aliphatic rings. The van der Waals surface area contributed by atoms with Crippen molar-refractivity contribution in [2.24, 2.45) is 0 Å². The van der Waals surface area contributed by atoms with E-state index in [-0.39, 0.29) is 5.91 Å². The summed E-state index contributed by atoms with van der Waals surface area (Å²) in [5.74, 6) is 1.13. The number of benzene rings is 2. The molecule has 4 aromatic rings. The molecule has 0 unspecified atom stereocenters. The fourth-order valence-corrected chi connectivity index (χ4v) is 3.95. The second-order valence-corrected chi connectivity index (χ2v) is 7.69. The van der Waals surface area contributed by atoms with Crippen molar-refractivity contribution in [2.45, 2.75) is 19.4 Å². The standard InChI is InChI=1S/C24H21N7O/c1-31-19-9-8-18(11-16(19)7-10-20(31)32)28-24-29-22(26-13-15-5-3-2-4-6-15)21-17(12-25)14-27-23(21)30-24/h2-6,8-9,11,14H,7,10,13H2,1H3,(H3,26,27,28,29,30). The molecular weight excluding hydrogens is 402 g/mol. The SMILES string of the molecule is CN1C(=O)CCc2cc(Nc3nc(NCc4ccccc4)c4c(C#N)c[nH]c4n3)ccc21. The summed E-state index contributed by atoms with van der Waals surface area (Å²) in [5, 5.41) is 16.8. The summed E-state index contributed by atoms with van der Waals surface area (Å²) < 4.78 is 0. The molecule has 5 rings (SSSR count). The first kappa shape index (κ1) is 19.6. The van der Waals surface area contributed by atoms with Gasteiger partial charge in [-0.25, -0.2) is 0 Å². The van der Waals surface area contributed by atoms with Gasteiger partial charge in [0.15, 0.2) is 0 Å². The van der Waals surface area contributed by atoms with Crippen LogP contribution in [0.4, 0.5) is 23.1 Å². The van der Waals surface area contributed by atoms with E-state index in [2.05, 4.69) is 31.7 Å². The summed E-state index contributed by atoms with van der Waals surface area (Å²) in [6.07, 6.45) is 2.85. The Hall–Kier alpha value is -4.38. The van der Waals surface area contributed by atoms with E-state index in [1.54, 1.807) is 18.1 Å². The van der Waals surface area contributed by atoms with E-state index < -0.39 is 0 Å². The fraction of sp³-hybridized carbons (Fsp3) is 0.167. The zero-order chi connectivity index (χ0) is 22.1. The van der Waals surface area contributed by atoms with E-state index in [1.807, 2.05) is 48.5 Å². The van der Waals surface area contributed by atoms with Gasteiger partial charge < -0.3 is 20.5 Å². The van der Waals surface area contributed by atoms with Gasteiger partial charge in [0.2, 0.25) is 11.9 Å². The first-order valence-corrected chi connectivity index (χ1v) is 10.4. The summed E-state index contributed by atoms with van der Waals surface area (Å²) >= 11 is 0. The summed E-state index contributed by atoms with van der Waals surface area (Å²) in [7, 11) is 1.80. The highest BCUT2D eigenvalue weighted by atomic mass is 16.2. The maximum atomic E-state index is 11.9. The average Bonchev–Trinajstić information content (AvgIpc) is 3.24. The molecule has 158 valence electrons. The first-order chi connectivity index (χ1) is 15.6. The third kappa shape index (κ3) is 3.61. The second kappa shape index (κ2) is 8.04. The fourth-order valence-electron chi connectivity index (χ4n) is 3.95. The van der Waals surface area contributed by atoms with Crippen LogP contribution in [0.1, 0.15) is 23.1 Å². The van der Waals surface area contributed by atoms with Crippen molar-refractivity contribution in [2.75, 3.05) is 22.6 Å². The molecule has 3 N–H and O–H groups in total. The lowest BCUT2D eigenvalue weighted by Gasteiger charge is -2.26. The van der Waals surface area contributed by atoms with Gasteiger partial charge in [-0.15, -0.1) is 0 Å². The number of fused-ring (bicyclic) bond motifs is 2. The number of aryl methyl sites for hydroxylation is 1. The number of nitrogens with zero attached hydrogens (tertiary/aromatic N) is 4. The molecule has 0 atom stereocenters. The van der Waals surface area contributed by atoms with Crippen LogP contribution in [0.15, 0.2) is 54.7 Å². The molecule has 1 amide bonds. The first-order valence-electron chi connectivity index (χ1n) is 10.4. The third-order valence-corrected chi connectivity index (χ3v) is 5.63. The minimum absolute atomic E-state index is 0.126. The largest absolute Gasteiger partial charge is 0.365 e. The van der Waals surface area contributed by atoms with Crippen molar-refractivity contribution < 1.29 is 4.79 Å². The molecule has 0 aliphatic carbocycles. The van der Waals surface area contributed by atoms with Gasteiger partial charge in [-0.05, 0) is 35.7 Å². The van der Waals surface area contributed by atoms with E-state index in [9.17, 15) is 10.1 Å². The van der Waals surface area contributed by atoms with Crippen molar-refractivity contribution in [3.8, 4) is 6.07 Å². The molecular formula is C24H21N7O. The van der Waals surface area contributed by atoms with Crippen molar-refractivity contribution >= 4 is 40.1 Å². The molecule has 8 nitrogen and oxygen atoms in total. The Morgan fingerprint density at radius 1 is 1.16 bits per heavy atom. The van der Waals surface area contributed by atoms with E-state index >= 15 is 0 Å². The van der Waals surface area contributed by atoms with Gasteiger partial charge in [0.05, 0.1) is 10.9 Å². The summed E-state index contributed by atoms with van der Waals surface area (Å²) in [6, 6.07) is 18.1. The third-order valence-electron chi connectivity index (χ3n) is 5.63. The van der Waals surface area contributed by atoms with Crippen molar-refractivity contribution in [3.05, 3.63) is 71.4 Å². The zero-order valence-corrected chi connectivity index (χ0v) is 17.5. The molecule has 32 heavy (non-hydrogen) atoms. The molecule has 2 aromatic heterocycles. The number of rotatable bonds is 5. The molecule has 0 radical (unpaired) electrons. The lowest BCUT2D eigenvalue weighted by Crippen LogP contribution is -2.31. The number of nitriles is 1. The van der Waals surface area contributed by atoms with E-state index in [0.717, 1.165) is 22.5 Å². The highest BCUT2D eigenvalue weighted by molar-refractivity contribution is 5.96. The van der Waals surface area contributed by atoms with Crippen molar-refractivity contribution in [1.82, 2.24) is 15.0 Å². The van der Waals surface area contributed by atoms with Crippen LogP contribution in [0, 0.1) is 11.3 Å². The molecule has 0 fully saturated rings. The van der Waals surface area contributed by atoms with Crippen LogP contribution in [0.5, 0.6) is 0 Å². The number of nitrogens with one attached hydrogen (secondary N) is 3. The number of hydrogen-bond donors (Lipinski definition) is 3. The molecule has 0 saturated heterocycles. The highest BCUT2D eigenvalue weighted by Gasteiger charge is 2.21. The number of aromatic nitrogens is 3.